The van der Waals surface area contributed by atoms with Crippen molar-refractivity contribution in [1.82, 2.24) is 10.4 Å². The van der Waals surface area contributed by atoms with Crippen molar-refractivity contribution in [1.29, 1.82) is 0 Å². The molecule has 0 aliphatic heterocycles. The van der Waals surface area contributed by atoms with Crippen LogP contribution >= 0.6 is 0 Å². The van der Waals surface area contributed by atoms with E-state index in [9.17, 15) is 9.59 Å². The molecule has 1 unspecified atom stereocenters. The molecule has 0 heterocycles. The van der Waals surface area contributed by atoms with Crippen molar-refractivity contribution in [3.63, 3.8) is 0 Å². The highest BCUT2D eigenvalue weighted by atomic mass is 16.5. The van der Waals surface area contributed by atoms with E-state index in [0.29, 0.717) is 23.3 Å². The van der Waals surface area contributed by atoms with E-state index in [1.807, 2.05) is 45.0 Å². The number of carbonyl (C=O) groups excluding carboxylic acids is 2. The van der Waals surface area contributed by atoms with Gasteiger partial charge in [-0.05, 0) is 61.4 Å². The van der Waals surface area contributed by atoms with Crippen LogP contribution in [0.4, 0.5) is 0 Å². The summed E-state index contributed by atoms with van der Waals surface area (Å²) >= 11 is 0. The van der Waals surface area contributed by atoms with Crippen LogP contribution in [0.3, 0.4) is 0 Å². The molecule has 0 saturated heterocycles. The minimum atomic E-state index is -0.301. The van der Waals surface area contributed by atoms with Crippen LogP contribution in [0.15, 0.2) is 36.4 Å². The Labute approximate surface area is 193 Å². The number of hydrogen-bond acceptors (Lipinski definition) is 3. The van der Waals surface area contributed by atoms with Crippen molar-refractivity contribution in [3.05, 3.63) is 64.2 Å². The predicted octanol–water partition coefficient (Wildman–Crippen LogP) is 5.88. The molecule has 5 nitrogen and oxygen atoms in total. The fourth-order valence-corrected chi connectivity index (χ4v) is 4.11. The summed E-state index contributed by atoms with van der Waals surface area (Å²) in [6.45, 7) is 14.3. The Kier molecular flexibility index (Phi) is 8.48. The molecule has 0 aliphatic rings. The number of rotatable bonds is 7. The summed E-state index contributed by atoms with van der Waals surface area (Å²) in [4.78, 5) is 27.3. The van der Waals surface area contributed by atoms with Gasteiger partial charge in [-0.3, -0.25) is 15.0 Å². The number of aryl methyl sites for hydroxylation is 1. The van der Waals surface area contributed by atoms with Crippen LogP contribution in [0, 0.1) is 19.3 Å². The monoisotopic (exact) mass is 438 g/mol. The molecule has 0 radical (unpaired) electrons. The normalized spacial score (nSPS) is 12.2. The largest absolute Gasteiger partial charge is 0.496 e. The molecular formula is C27H38N2O3. The average molecular weight is 439 g/mol. The van der Waals surface area contributed by atoms with Gasteiger partial charge in [0.25, 0.3) is 11.8 Å². The second kappa shape index (κ2) is 10.7. The summed E-state index contributed by atoms with van der Waals surface area (Å²) in [7, 11) is 1.60. The summed E-state index contributed by atoms with van der Waals surface area (Å²) in [5.41, 5.74) is 6.70. The van der Waals surface area contributed by atoms with Crippen LogP contribution < -0.4 is 10.2 Å². The van der Waals surface area contributed by atoms with Gasteiger partial charge in [0.1, 0.15) is 5.75 Å². The third kappa shape index (κ3) is 5.50. The number of nitrogens with one attached hydrogen (secondary N) is 1. The van der Waals surface area contributed by atoms with E-state index in [2.05, 4.69) is 33.1 Å². The van der Waals surface area contributed by atoms with Crippen molar-refractivity contribution < 1.29 is 14.3 Å². The maximum Gasteiger partial charge on any atom is 0.272 e. The van der Waals surface area contributed by atoms with Crippen LogP contribution in [-0.2, 0) is 6.42 Å². The molecule has 0 fully saturated rings. The summed E-state index contributed by atoms with van der Waals surface area (Å²) in [5, 5.41) is 1.56. The predicted molar refractivity (Wildman–Crippen MR) is 130 cm³/mol. The summed E-state index contributed by atoms with van der Waals surface area (Å²) < 4.78 is 5.46. The molecular weight excluding hydrogens is 400 g/mol. The fourth-order valence-electron chi connectivity index (χ4n) is 4.11. The third-order valence-electron chi connectivity index (χ3n) is 6.10. The molecule has 1 N–H and O–H groups in total. The van der Waals surface area contributed by atoms with Gasteiger partial charge in [0, 0.05) is 16.7 Å². The highest BCUT2D eigenvalue weighted by Crippen LogP contribution is 2.30. The first-order valence-electron chi connectivity index (χ1n) is 11.4. The van der Waals surface area contributed by atoms with Gasteiger partial charge in [-0.2, -0.15) is 0 Å². The first-order chi connectivity index (χ1) is 15.1. The lowest BCUT2D eigenvalue weighted by Crippen LogP contribution is -2.56. The molecule has 32 heavy (non-hydrogen) atoms. The Hall–Kier alpha value is -2.82. The molecule has 5 heteroatoms. The zero-order valence-corrected chi connectivity index (χ0v) is 20.8. The number of benzene rings is 2. The second-order valence-electron chi connectivity index (χ2n) is 9.37. The standard InChI is InChI=1S/C27H38N2O3/c1-9-13-24(27(5,6)7)29(26(31)21-15-11-14-18(3)19(21)4)28-25(30)22-16-12-17-23(32-8)20(22)10-2/h11-12,14-17,24H,9-10,13H2,1-8H3,(H,28,30). The molecule has 1 atom stereocenters. The fraction of sp³-hybridized carbons (Fsp3) is 0.481. The highest BCUT2D eigenvalue weighted by molar-refractivity contribution is 6.01. The minimum Gasteiger partial charge on any atom is -0.496 e. The first kappa shape index (κ1) is 25.4. The number of hydrazine groups is 1. The maximum absolute atomic E-state index is 13.8. The van der Waals surface area contributed by atoms with Crippen LogP contribution in [0.2, 0.25) is 0 Å². The quantitative estimate of drug-likeness (QED) is 0.550. The summed E-state index contributed by atoms with van der Waals surface area (Å²) in [6.07, 6.45) is 2.32. The molecule has 0 bridgehead atoms. The Balaban J connectivity index is 2.55. The van der Waals surface area contributed by atoms with Gasteiger partial charge >= 0.3 is 0 Å². The highest BCUT2D eigenvalue weighted by Gasteiger charge is 2.35. The van der Waals surface area contributed by atoms with E-state index in [1.165, 1.54) is 0 Å². The lowest BCUT2D eigenvalue weighted by atomic mass is 9.83. The lowest BCUT2D eigenvalue weighted by molar-refractivity contribution is 0.0270. The van der Waals surface area contributed by atoms with Gasteiger partial charge in [0.2, 0.25) is 0 Å². The van der Waals surface area contributed by atoms with Crippen molar-refractivity contribution in [2.24, 2.45) is 5.41 Å². The number of hydrogen-bond donors (Lipinski definition) is 1. The number of ether oxygens (including phenoxy) is 1. The van der Waals surface area contributed by atoms with Gasteiger partial charge < -0.3 is 4.74 Å². The lowest BCUT2D eigenvalue weighted by Gasteiger charge is -2.40. The van der Waals surface area contributed by atoms with Gasteiger partial charge in [-0.1, -0.05) is 59.2 Å². The van der Waals surface area contributed by atoms with E-state index in [4.69, 9.17) is 4.74 Å². The molecule has 0 spiro atoms. The number of methoxy groups -OCH3 is 1. The topological polar surface area (TPSA) is 58.6 Å². The van der Waals surface area contributed by atoms with Crippen molar-refractivity contribution >= 4 is 11.8 Å². The maximum atomic E-state index is 13.8. The van der Waals surface area contributed by atoms with E-state index < -0.39 is 0 Å². The van der Waals surface area contributed by atoms with Gasteiger partial charge in [0.15, 0.2) is 0 Å². The van der Waals surface area contributed by atoms with Gasteiger partial charge in [-0.15, -0.1) is 0 Å². The molecule has 0 aromatic heterocycles. The first-order valence-corrected chi connectivity index (χ1v) is 11.4. The Morgan fingerprint density at radius 3 is 2.22 bits per heavy atom. The summed E-state index contributed by atoms with van der Waals surface area (Å²) in [6, 6.07) is 11.0. The smallest absolute Gasteiger partial charge is 0.272 e. The van der Waals surface area contributed by atoms with Crippen LogP contribution in [-0.4, -0.2) is 30.0 Å². The van der Waals surface area contributed by atoms with E-state index in [-0.39, 0.29) is 23.3 Å². The van der Waals surface area contributed by atoms with Crippen molar-refractivity contribution in [2.45, 2.75) is 73.8 Å². The Bertz CT molecular complexity index is 960. The molecule has 2 rings (SSSR count). The van der Waals surface area contributed by atoms with E-state index in [1.54, 1.807) is 24.3 Å². The average Bonchev–Trinajstić information content (AvgIpc) is 2.75. The number of amides is 2. The Morgan fingerprint density at radius 1 is 1.03 bits per heavy atom. The second-order valence-corrected chi connectivity index (χ2v) is 9.37. The van der Waals surface area contributed by atoms with E-state index >= 15 is 0 Å². The molecule has 174 valence electrons. The van der Waals surface area contributed by atoms with Crippen molar-refractivity contribution in [2.75, 3.05) is 7.11 Å². The third-order valence-corrected chi connectivity index (χ3v) is 6.10. The minimum absolute atomic E-state index is 0.167. The molecule has 2 aromatic carbocycles. The van der Waals surface area contributed by atoms with Gasteiger partial charge in [0.05, 0.1) is 13.2 Å². The van der Waals surface area contributed by atoms with Crippen LogP contribution in [0.25, 0.3) is 0 Å². The number of carbonyl (C=O) groups is 2. The molecule has 2 aromatic rings. The summed E-state index contributed by atoms with van der Waals surface area (Å²) in [5.74, 6) is 0.187. The Morgan fingerprint density at radius 2 is 1.66 bits per heavy atom. The molecule has 0 aliphatic carbocycles. The van der Waals surface area contributed by atoms with Crippen LogP contribution in [0.1, 0.15) is 84.9 Å². The van der Waals surface area contributed by atoms with Crippen LogP contribution in [0.5, 0.6) is 5.75 Å². The molecule has 2 amide bonds. The number of nitrogens with zero attached hydrogens (tertiary/aromatic N) is 1. The van der Waals surface area contributed by atoms with Crippen molar-refractivity contribution in [3.8, 4) is 5.75 Å². The van der Waals surface area contributed by atoms with E-state index in [0.717, 1.165) is 29.5 Å². The SMILES string of the molecule is CCCC(N(NC(=O)c1cccc(OC)c1CC)C(=O)c1cccc(C)c1C)C(C)(C)C. The van der Waals surface area contributed by atoms with Gasteiger partial charge in [-0.25, -0.2) is 5.01 Å². The zero-order valence-electron chi connectivity index (χ0n) is 20.8. The molecule has 0 saturated carbocycles. The zero-order chi connectivity index (χ0) is 24.1.